The molecular weight excluding hydrogens is 296 g/mol. The standard InChI is InChI=1S/C21H32N2O/c1-21(2)13-11-16(12-14-21)15-3-7-18(8-4-15)23-19-9-5-17(6-10-19)20(22)24/h3-4,7-8,16-17,19,23H,5-6,9-14H2,1-2H3,(H2,22,24). The number of hydrogen-bond donors (Lipinski definition) is 2. The number of rotatable bonds is 4. The van der Waals surface area contributed by atoms with Crippen LogP contribution in [0.3, 0.4) is 0 Å². The molecule has 3 heteroatoms. The summed E-state index contributed by atoms with van der Waals surface area (Å²) in [7, 11) is 0. The molecule has 3 rings (SSSR count). The maximum atomic E-state index is 11.2. The van der Waals surface area contributed by atoms with Gasteiger partial charge in [0.1, 0.15) is 0 Å². The van der Waals surface area contributed by atoms with Gasteiger partial charge in [-0.1, -0.05) is 26.0 Å². The van der Waals surface area contributed by atoms with Crippen molar-refractivity contribution in [2.75, 3.05) is 5.32 Å². The fourth-order valence-corrected chi connectivity index (χ4v) is 4.34. The van der Waals surface area contributed by atoms with Crippen molar-refractivity contribution < 1.29 is 4.79 Å². The van der Waals surface area contributed by atoms with E-state index in [1.54, 1.807) is 0 Å². The lowest BCUT2D eigenvalue weighted by Gasteiger charge is -2.34. The van der Waals surface area contributed by atoms with Gasteiger partial charge >= 0.3 is 0 Å². The number of carbonyl (C=O) groups excluding carboxylic acids is 1. The largest absolute Gasteiger partial charge is 0.382 e. The predicted octanol–water partition coefficient (Wildman–Crippen LogP) is 4.83. The van der Waals surface area contributed by atoms with Crippen LogP contribution in [0.2, 0.25) is 0 Å². The van der Waals surface area contributed by atoms with Crippen LogP contribution in [0, 0.1) is 11.3 Å². The summed E-state index contributed by atoms with van der Waals surface area (Å²) < 4.78 is 0. The zero-order valence-electron chi connectivity index (χ0n) is 15.2. The first-order valence-corrected chi connectivity index (χ1v) is 9.59. The van der Waals surface area contributed by atoms with Gasteiger partial charge in [-0.15, -0.1) is 0 Å². The van der Waals surface area contributed by atoms with Gasteiger partial charge in [0.05, 0.1) is 0 Å². The van der Waals surface area contributed by atoms with Gasteiger partial charge < -0.3 is 11.1 Å². The summed E-state index contributed by atoms with van der Waals surface area (Å²) in [6.45, 7) is 4.78. The molecule has 0 aliphatic heterocycles. The smallest absolute Gasteiger partial charge is 0.220 e. The molecule has 1 aromatic rings. The molecule has 0 atom stereocenters. The van der Waals surface area contributed by atoms with Crippen molar-refractivity contribution in [2.24, 2.45) is 17.1 Å². The normalized spacial score (nSPS) is 27.6. The molecule has 0 heterocycles. The van der Waals surface area contributed by atoms with E-state index in [-0.39, 0.29) is 11.8 Å². The van der Waals surface area contributed by atoms with Crippen molar-refractivity contribution in [3.8, 4) is 0 Å². The first-order valence-electron chi connectivity index (χ1n) is 9.59. The Morgan fingerprint density at radius 3 is 2.12 bits per heavy atom. The second-order valence-corrected chi connectivity index (χ2v) is 8.66. The Hall–Kier alpha value is -1.51. The summed E-state index contributed by atoms with van der Waals surface area (Å²) in [6.07, 6.45) is 9.21. The Morgan fingerprint density at radius 1 is 1.00 bits per heavy atom. The Labute approximate surface area is 146 Å². The molecule has 1 amide bonds. The average Bonchev–Trinajstić information content (AvgIpc) is 2.56. The highest BCUT2D eigenvalue weighted by atomic mass is 16.1. The van der Waals surface area contributed by atoms with Gasteiger partial charge in [0.25, 0.3) is 0 Å². The van der Waals surface area contributed by atoms with Crippen LogP contribution in [-0.4, -0.2) is 11.9 Å². The summed E-state index contributed by atoms with van der Waals surface area (Å²) in [5.74, 6) is 0.688. The van der Waals surface area contributed by atoms with Gasteiger partial charge in [-0.05, 0) is 80.4 Å². The SMILES string of the molecule is CC1(C)CCC(c2ccc(NC3CCC(C(N)=O)CC3)cc2)CC1. The lowest BCUT2D eigenvalue weighted by molar-refractivity contribution is -0.122. The average molecular weight is 329 g/mol. The molecule has 0 spiro atoms. The van der Waals surface area contributed by atoms with Gasteiger partial charge in [0, 0.05) is 17.6 Å². The molecule has 132 valence electrons. The monoisotopic (exact) mass is 328 g/mol. The van der Waals surface area contributed by atoms with Crippen LogP contribution >= 0.6 is 0 Å². The van der Waals surface area contributed by atoms with Crippen LogP contribution in [0.15, 0.2) is 24.3 Å². The minimum atomic E-state index is -0.131. The molecule has 1 aromatic carbocycles. The number of primary amides is 1. The lowest BCUT2D eigenvalue weighted by atomic mass is 9.71. The third kappa shape index (κ3) is 4.31. The van der Waals surface area contributed by atoms with Crippen LogP contribution in [-0.2, 0) is 4.79 Å². The minimum absolute atomic E-state index is 0.0842. The molecular formula is C21H32N2O. The second-order valence-electron chi connectivity index (χ2n) is 8.66. The highest BCUT2D eigenvalue weighted by Crippen LogP contribution is 2.42. The van der Waals surface area contributed by atoms with Crippen LogP contribution in [0.25, 0.3) is 0 Å². The van der Waals surface area contributed by atoms with Crippen molar-refractivity contribution in [1.82, 2.24) is 0 Å². The first-order chi connectivity index (χ1) is 11.4. The fourth-order valence-electron chi connectivity index (χ4n) is 4.34. The fraction of sp³-hybridized carbons (Fsp3) is 0.667. The number of amides is 1. The minimum Gasteiger partial charge on any atom is -0.382 e. The van der Waals surface area contributed by atoms with Gasteiger partial charge in [0.2, 0.25) is 5.91 Å². The highest BCUT2D eigenvalue weighted by Gasteiger charge is 2.28. The topological polar surface area (TPSA) is 55.1 Å². The highest BCUT2D eigenvalue weighted by molar-refractivity contribution is 5.76. The van der Waals surface area contributed by atoms with E-state index < -0.39 is 0 Å². The van der Waals surface area contributed by atoms with E-state index in [0.29, 0.717) is 11.5 Å². The number of nitrogens with one attached hydrogen (secondary N) is 1. The van der Waals surface area contributed by atoms with Gasteiger partial charge in [0.15, 0.2) is 0 Å². The van der Waals surface area contributed by atoms with Crippen LogP contribution in [0.1, 0.15) is 76.7 Å². The van der Waals surface area contributed by atoms with Gasteiger partial charge in [-0.25, -0.2) is 0 Å². The van der Waals surface area contributed by atoms with E-state index in [0.717, 1.165) is 31.6 Å². The third-order valence-corrected chi connectivity index (χ3v) is 6.22. The first kappa shape index (κ1) is 17.3. The van der Waals surface area contributed by atoms with Gasteiger partial charge in [-0.2, -0.15) is 0 Å². The number of hydrogen-bond acceptors (Lipinski definition) is 2. The maximum absolute atomic E-state index is 11.2. The number of anilines is 1. The maximum Gasteiger partial charge on any atom is 0.220 e. The zero-order valence-corrected chi connectivity index (χ0v) is 15.2. The molecule has 2 aliphatic rings. The Balaban J connectivity index is 1.51. The molecule has 0 radical (unpaired) electrons. The van der Waals surface area contributed by atoms with Crippen molar-refractivity contribution in [1.29, 1.82) is 0 Å². The van der Waals surface area contributed by atoms with Crippen molar-refractivity contribution in [3.05, 3.63) is 29.8 Å². The summed E-state index contributed by atoms with van der Waals surface area (Å²) in [6, 6.07) is 9.55. The van der Waals surface area contributed by atoms with Gasteiger partial charge in [-0.3, -0.25) is 4.79 Å². The number of benzene rings is 1. The summed E-state index contributed by atoms with van der Waals surface area (Å²) in [4.78, 5) is 11.2. The van der Waals surface area contributed by atoms with E-state index in [1.165, 1.54) is 36.9 Å². The molecule has 24 heavy (non-hydrogen) atoms. The molecule has 2 aliphatic carbocycles. The van der Waals surface area contributed by atoms with E-state index in [4.69, 9.17) is 5.73 Å². The quantitative estimate of drug-likeness (QED) is 0.832. The molecule has 0 bridgehead atoms. The Bertz CT molecular complexity index is 546. The third-order valence-electron chi connectivity index (χ3n) is 6.22. The Morgan fingerprint density at radius 2 is 1.58 bits per heavy atom. The predicted molar refractivity (Wildman–Crippen MR) is 100.0 cm³/mol. The number of nitrogens with two attached hydrogens (primary N) is 1. The van der Waals surface area contributed by atoms with Crippen molar-refractivity contribution >= 4 is 11.6 Å². The van der Waals surface area contributed by atoms with E-state index >= 15 is 0 Å². The molecule has 2 saturated carbocycles. The molecule has 2 fully saturated rings. The van der Waals surface area contributed by atoms with Crippen molar-refractivity contribution in [3.63, 3.8) is 0 Å². The zero-order chi connectivity index (χ0) is 17.2. The molecule has 0 aromatic heterocycles. The summed E-state index contributed by atoms with van der Waals surface area (Å²) >= 11 is 0. The van der Waals surface area contributed by atoms with Crippen molar-refractivity contribution in [2.45, 2.75) is 77.2 Å². The van der Waals surface area contributed by atoms with E-state index in [2.05, 4.69) is 43.4 Å². The molecule has 3 nitrogen and oxygen atoms in total. The molecule has 3 N–H and O–H groups in total. The Kier molecular flexibility index (Phi) is 5.17. The van der Waals surface area contributed by atoms with E-state index in [9.17, 15) is 4.79 Å². The van der Waals surface area contributed by atoms with Crippen LogP contribution < -0.4 is 11.1 Å². The second kappa shape index (κ2) is 7.16. The van der Waals surface area contributed by atoms with Crippen LogP contribution in [0.5, 0.6) is 0 Å². The lowest BCUT2D eigenvalue weighted by Crippen LogP contribution is -2.32. The molecule has 0 unspecified atom stereocenters. The summed E-state index contributed by atoms with van der Waals surface area (Å²) in [5.41, 5.74) is 8.64. The summed E-state index contributed by atoms with van der Waals surface area (Å²) in [5, 5.41) is 3.63. The van der Waals surface area contributed by atoms with Crippen LogP contribution in [0.4, 0.5) is 5.69 Å². The van der Waals surface area contributed by atoms with E-state index in [1.807, 2.05) is 0 Å². The number of carbonyl (C=O) groups is 1. The molecule has 0 saturated heterocycles.